The summed E-state index contributed by atoms with van der Waals surface area (Å²) < 4.78 is 17.7. The Labute approximate surface area is 187 Å². The van der Waals surface area contributed by atoms with Gasteiger partial charge in [0, 0.05) is 37.7 Å². The normalized spacial score (nSPS) is 22.8. The number of carbonyl (C=O) groups excluding carboxylic acids is 2. The number of anilines is 2. The minimum atomic E-state index is -0.808. The molecule has 7 nitrogen and oxygen atoms in total. The zero-order valence-electron chi connectivity index (χ0n) is 18.9. The van der Waals surface area contributed by atoms with Crippen molar-refractivity contribution in [2.24, 2.45) is 0 Å². The standard InChI is InChI=1S/C25H26N2O5/c1-24(2)18-12-15(27-22(28)8-9-23(27)29)6-7-19(18)26(3)25(24)11-10-17-20(31-5)13-16(30-4)14-21(17)32-25/h6-7,10-14H,8-9H2,1-5H3. The number of imide groups is 1. The maximum absolute atomic E-state index is 12.3. The van der Waals surface area contributed by atoms with E-state index in [2.05, 4.69) is 24.8 Å². The summed E-state index contributed by atoms with van der Waals surface area (Å²) in [6, 6.07) is 9.43. The number of rotatable bonds is 3. The molecule has 2 aromatic carbocycles. The first kappa shape index (κ1) is 20.4. The number of nitrogens with zero attached hydrogens (tertiary/aromatic N) is 2. The van der Waals surface area contributed by atoms with Gasteiger partial charge in [0.05, 0.1) is 30.9 Å². The van der Waals surface area contributed by atoms with E-state index in [1.54, 1.807) is 14.2 Å². The van der Waals surface area contributed by atoms with Crippen molar-refractivity contribution in [3.63, 3.8) is 0 Å². The molecule has 1 atom stereocenters. The lowest BCUT2D eigenvalue weighted by Crippen LogP contribution is -2.58. The fourth-order valence-electron chi connectivity index (χ4n) is 5.14. The van der Waals surface area contributed by atoms with E-state index in [4.69, 9.17) is 14.2 Å². The second-order valence-electron chi connectivity index (χ2n) is 8.88. The van der Waals surface area contributed by atoms with Crippen molar-refractivity contribution < 1.29 is 23.8 Å². The van der Waals surface area contributed by atoms with Gasteiger partial charge in [-0.15, -0.1) is 0 Å². The van der Waals surface area contributed by atoms with Gasteiger partial charge in [0.15, 0.2) is 0 Å². The predicted octanol–water partition coefficient (Wildman–Crippen LogP) is 3.89. The van der Waals surface area contributed by atoms with E-state index in [0.717, 1.165) is 16.8 Å². The minimum Gasteiger partial charge on any atom is -0.496 e. The van der Waals surface area contributed by atoms with Crippen LogP contribution in [0.1, 0.15) is 37.8 Å². The van der Waals surface area contributed by atoms with Gasteiger partial charge in [0.25, 0.3) is 0 Å². The fourth-order valence-corrected chi connectivity index (χ4v) is 5.14. The van der Waals surface area contributed by atoms with E-state index >= 15 is 0 Å². The maximum atomic E-state index is 12.3. The van der Waals surface area contributed by atoms with Crippen molar-refractivity contribution in [3.8, 4) is 17.2 Å². The molecule has 3 heterocycles. The molecule has 2 aromatic rings. The zero-order valence-corrected chi connectivity index (χ0v) is 18.9. The molecule has 3 aliphatic heterocycles. The van der Waals surface area contributed by atoms with Gasteiger partial charge < -0.3 is 19.1 Å². The van der Waals surface area contributed by atoms with Crippen LogP contribution < -0.4 is 24.0 Å². The summed E-state index contributed by atoms with van der Waals surface area (Å²) in [6.45, 7) is 4.22. The summed E-state index contributed by atoms with van der Waals surface area (Å²) in [5, 5.41) is 0. The molecular weight excluding hydrogens is 408 g/mol. The number of hydrogen-bond acceptors (Lipinski definition) is 6. The molecule has 1 spiro atoms. The Morgan fingerprint density at radius 1 is 1.00 bits per heavy atom. The third kappa shape index (κ3) is 2.54. The zero-order chi connectivity index (χ0) is 22.8. The molecule has 0 bridgehead atoms. The van der Waals surface area contributed by atoms with Gasteiger partial charge in [0.2, 0.25) is 17.5 Å². The van der Waals surface area contributed by atoms with Gasteiger partial charge in [-0.3, -0.25) is 14.5 Å². The maximum Gasteiger partial charge on any atom is 0.234 e. The Kier molecular flexibility index (Phi) is 4.31. The van der Waals surface area contributed by atoms with Crippen molar-refractivity contribution in [3.05, 3.63) is 47.5 Å². The van der Waals surface area contributed by atoms with Gasteiger partial charge in [-0.1, -0.05) is 0 Å². The Hall–Kier alpha value is -3.48. The molecule has 0 radical (unpaired) electrons. The molecule has 1 unspecified atom stereocenters. The van der Waals surface area contributed by atoms with E-state index in [-0.39, 0.29) is 24.7 Å². The number of ether oxygens (including phenoxy) is 3. The van der Waals surface area contributed by atoms with Crippen molar-refractivity contribution in [2.45, 2.75) is 37.8 Å². The number of likely N-dealkylation sites (N-methyl/N-ethyl adjacent to an activating group) is 1. The third-order valence-electron chi connectivity index (χ3n) is 6.99. The molecular formula is C25H26N2O5. The first-order valence-electron chi connectivity index (χ1n) is 10.6. The van der Waals surface area contributed by atoms with E-state index in [1.165, 1.54) is 4.90 Å². The molecule has 2 amide bonds. The first-order chi connectivity index (χ1) is 15.2. The van der Waals surface area contributed by atoms with Crippen LogP contribution in [0.3, 0.4) is 0 Å². The molecule has 7 heteroatoms. The van der Waals surface area contributed by atoms with Crippen LogP contribution in [0, 0.1) is 0 Å². The van der Waals surface area contributed by atoms with Crippen molar-refractivity contribution in [1.82, 2.24) is 0 Å². The molecule has 32 heavy (non-hydrogen) atoms. The molecule has 166 valence electrons. The average molecular weight is 434 g/mol. The highest BCUT2D eigenvalue weighted by atomic mass is 16.5. The lowest BCUT2D eigenvalue weighted by Gasteiger charge is -2.46. The van der Waals surface area contributed by atoms with Crippen LogP contribution in [-0.2, 0) is 15.0 Å². The molecule has 0 aromatic heterocycles. The average Bonchev–Trinajstić information content (AvgIpc) is 3.20. The lowest BCUT2D eigenvalue weighted by molar-refractivity contribution is -0.121. The summed E-state index contributed by atoms with van der Waals surface area (Å²) in [6.07, 6.45) is 4.59. The van der Waals surface area contributed by atoms with Crippen LogP contribution in [0.4, 0.5) is 11.4 Å². The molecule has 0 saturated carbocycles. The Balaban J connectivity index is 1.61. The smallest absolute Gasteiger partial charge is 0.234 e. The van der Waals surface area contributed by atoms with Gasteiger partial charge in [-0.25, -0.2) is 0 Å². The van der Waals surface area contributed by atoms with Crippen LogP contribution in [0.25, 0.3) is 6.08 Å². The van der Waals surface area contributed by atoms with Gasteiger partial charge in [-0.2, -0.15) is 0 Å². The monoisotopic (exact) mass is 434 g/mol. The van der Waals surface area contributed by atoms with Crippen LogP contribution in [0.2, 0.25) is 0 Å². The van der Waals surface area contributed by atoms with E-state index in [1.807, 2.05) is 43.5 Å². The van der Waals surface area contributed by atoms with Crippen molar-refractivity contribution in [1.29, 1.82) is 0 Å². The number of carbonyl (C=O) groups is 2. The van der Waals surface area contributed by atoms with E-state index in [9.17, 15) is 9.59 Å². The summed E-state index contributed by atoms with van der Waals surface area (Å²) in [5.74, 6) is 1.68. The van der Waals surface area contributed by atoms with Crippen LogP contribution in [-0.4, -0.2) is 38.8 Å². The van der Waals surface area contributed by atoms with Crippen LogP contribution >= 0.6 is 0 Å². The van der Waals surface area contributed by atoms with Gasteiger partial charge in [-0.05, 0) is 49.8 Å². The third-order valence-corrected chi connectivity index (χ3v) is 6.99. The highest BCUT2D eigenvalue weighted by Crippen LogP contribution is 2.56. The number of benzene rings is 2. The molecule has 3 aliphatic rings. The molecule has 0 aliphatic carbocycles. The van der Waals surface area contributed by atoms with Crippen LogP contribution in [0.15, 0.2) is 36.4 Å². The Bertz CT molecular complexity index is 1170. The highest BCUT2D eigenvalue weighted by Gasteiger charge is 2.58. The number of hydrogen-bond donors (Lipinski definition) is 0. The van der Waals surface area contributed by atoms with Crippen molar-refractivity contribution in [2.75, 3.05) is 31.1 Å². The summed E-state index contributed by atoms with van der Waals surface area (Å²) >= 11 is 0. The largest absolute Gasteiger partial charge is 0.496 e. The minimum absolute atomic E-state index is 0.157. The lowest BCUT2D eigenvalue weighted by atomic mass is 9.76. The molecule has 1 saturated heterocycles. The fraction of sp³-hybridized carbons (Fsp3) is 0.360. The van der Waals surface area contributed by atoms with Crippen molar-refractivity contribution >= 4 is 29.3 Å². The summed E-state index contributed by atoms with van der Waals surface area (Å²) in [7, 11) is 5.23. The van der Waals surface area contributed by atoms with E-state index in [0.29, 0.717) is 22.9 Å². The molecule has 5 rings (SSSR count). The number of methoxy groups -OCH3 is 2. The van der Waals surface area contributed by atoms with Gasteiger partial charge in [0.1, 0.15) is 17.2 Å². The first-order valence-corrected chi connectivity index (χ1v) is 10.6. The Morgan fingerprint density at radius 3 is 2.38 bits per heavy atom. The summed E-state index contributed by atoms with van der Waals surface area (Å²) in [4.78, 5) is 28.0. The summed E-state index contributed by atoms with van der Waals surface area (Å²) in [5.41, 5.74) is 2.15. The number of fused-ring (bicyclic) bond motifs is 2. The van der Waals surface area contributed by atoms with Crippen LogP contribution in [0.5, 0.6) is 17.2 Å². The highest BCUT2D eigenvalue weighted by molar-refractivity contribution is 6.20. The molecule has 1 fully saturated rings. The second-order valence-corrected chi connectivity index (χ2v) is 8.88. The van der Waals surface area contributed by atoms with Gasteiger partial charge >= 0.3 is 0 Å². The predicted molar refractivity (Wildman–Crippen MR) is 122 cm³/mol. The number of amides is 2. The second kappa shape index (κ2) is 6.76. The topological polar surface area (TPSA) is 68.3 Å². The Morgan fingerprint density at radius 2 is 1.72 bits per heavy atom. The van der Waals surface area contributed by atoms with E-state index < -0.39 is 11.1 Å². The quantitative estimate of drug-likeness (QED) is 0.683. The SMILES string of the molecule is COc1cc(OC)c2c(c1)OC1(C=C2)N(C)c2ccc(N3C(=O)CCC3=O)cc2C1(C)C. The molecule has 0 N–H and O–H groups in total.